The lowest BCUT2D eigenvalue weighted by molar-refractivity contribution is 0.0670. The van der Waals surface area contributed by atoms with E-state index < -0.39 is 5.60 Å². The number of hydrogen-bond acceptors (Lipinski definition) is 2. The molecule has 2 heteroatoms. The van der Waals surface area contributed by atoms with Gasteiger partial charge < -0.3 is 10.2 Å². The van der Waals surface area contributed by atoms with Crippen LogP contribution in [0, 0.1) is 17.3 Å². The van der Waals surface area contributed by atoms with Crippen molar-refractivity contribution in [2.24, 2.45) is 17.3 Å². The Balaban J connectivity index is 0.00000166. The monoisotopic (exact) mass is 428 g/mol. The van der Waals surface area contributed by atoms with Gasteiger partial charge in [-0.15, -0.1) is 0 Å². The maximum atomic E-state index is 10.1. The van der Waals surface area contributed by atoms with Gasteiger partial charge in [0.1, 0.15) is 0 Å². The van der Waals surface area contributed by atoms with E-state index in [0.717, 1.165) is 37.7 Å². The first-order valence-electron chi connectivity index (χ1n) is 12.8. The molecular formula is C29H48O2. The molecule has 0 spiro atoms. The first-order valence-corrected chi connectivity index (χ1v) is 12.8. The highest BCUT2D eigenvalue weighted by Crippen LogP contribution is 2.57. The van der Waals surface area contributed by atoms with E-state index in [9.17, 15) is 10.2 Å². The Labute approximate surface area is 192 Å². The van der Waals surface area contributed by atoms with Crippen LogP contribution in [0.25, 0.3) is 0 Å². The summed E-state index contributed by atoms with van der Waals surface area (Å²) in [5.41, 5.74) is 5.16. The summed E-state index contributed by atoms with van der Waals surface area (Å²) >= 11 is 0. The van der Waals surface area contributed by atoms with Crippen LogP contribution in [-0.2, 0) is 0 Å². The molecule has 4 atom stereocenters. The average Bonchev–Trinajstić information content (AvgIpc) is 3.07. The second kappa shape index (κ2) is 11.1. The molecule has 1 unspecified atom stereocenters. The normalized spacial score (nSPS) is 32.4. The van der Waals surface area contributed by atoms with Crippen LogP contribution in [0.1, 0.15) is 106 Å². The van der Waals surface area contributed by atoms with Crippen molar-refractivity contribution in [3.05, 3.63) is 47.1 Å². The van der Waals surface area contributed by atoms with Gasteiger partial charge in [0.05, 0.1) is 11.7 Å². The predicted molar refractivity (Wildman–Crippen MR) is 134 cm³/mol. The fourth-order valence-corrected chi connectivity index (χ4v) is 6.04. The quantitative estimate of drug-likeness (QED) is 0.426. The molecule has 0 aromatic rings. The van der Waals surface area contributed by atoms with Crippen LogP contribution in [0.3, 0.4) is 0 Å². The van der Waals surface area contributed by atoms with Crippen LogP contribution in [0.4, 0.5) is 0 Å². The summed E-state index contributed by atoms with van der Waals surface area (Å²) in [6, 6.07) is 0. The summed E-state index contributed by atoms with van der Waals surface area (Å²) in [5, 5.41) is 20.1. The van der Waals surface area contributed by atoms with Crippen molar-refractivity contribution < 1.29 is 10.2 Å². The Kier molecular flexibility index (Phi) is 9.40. The Bertz CT molecular complexity index is 703. The molecule has 0 heterocycles. The molecular weight excluding hydrogens is 380 g/mol. The van der Waals surface area contributed by atoms with Gasteiger partial charge in [0, 0.05) is 0 Å². The predicted octanol–water partition coefficient (Wildman–Crippen LogP) is 7.68. The summed E-state index contributed by atoms with van der Waals surface area (Å²) < 4.78 is 0. The minimum Gasteiger partial charge on any atom is -0.390 e. The van der Waals surface area contributed by atoms with Gasteiger partial charge in [-0.1, -0.05) is 70.1 Å². The van der Waals surface area contributed by atoms with Gasteiger partial charge in [0.25, 0.3) is 0 Å². The molecule has 2 fully saturated rings. The van der Waals surface area contributed by atoms with E-state index in [0.29, 0.717) is 17.3 Å². The number of aliphatic hydroxyl groups is 2. The van der Waals surface area contributed by atoms with Crippen molar-refractivity contribution in [1.29, 1.82) is 0 Å². The van der Waals surface area contributed by atoms with Crippen molar-refractivity contribution in [3.8, 4) is 0 Å². The largest absolute Gasteiger partial charge is 0.390 e. The van der Waals surface area contributed by atoms with Crippen molar-refractivity contribution in [1.82, 2.24) is 0 Å². The van der Waals surface area contributed by atoms with Gasteiger partial charge in [0.2, 0.25) is 0 Å². The first kappa shape index (κ1) is 26.1. The molecule has 0 amide bonds. The van der Waals surface area contributed by atoms with Gasteiger partial charge in [-0.3, -0.25) is 0 Å². The Hall–Kier alpha value is -1.12. The summed E-state index contributed by atoms with van der Waals surface area (Å²) in [6.07, 6.45) is 17.8. The number of hydrogen-bond donors (Lipinski definition) is 2. The van der Waals surface area contributed by atoms with Crippen LogP contribution in [-0.4, -0.2) is 21.9 Å². The van der Waals surface area contributed by atoms with Gasteiger partial charge in [-0.05, 0) is 100 Å². The Morgan fingerprint density at radius 3 is 2.61 bits per heavy atom. The molecule has 3 aliphatic carbocycles. The third-order valence-electron chi connectivity index (χ3n) is 7.80. The second-order valence-corrected chi connectivity index (χ2v) is 10.7. The van der Waals surface area contributed by atoms with Gasteiger partial charge in [0.15, 0.2) is 0 Å². The van der Waals surface area contributed by atoms with E-state index in [1.165, 1.54) is 37.7 Å². The summed E-state index contributed by atoms with van der Waals surface area (Å²) in [4.78, 5) is 0. The zero-order valence-corrected chi connectivity index (χ0v) is 21.1. The molecule has 176 valence electrons. The summed E-state index contributed by atoms with van der Waals surface area (Å²) in [5.74, 6) is 1.22. The molecule has 2 saturated carbocycles. The molecule has 3 aliphatic rings. The van der Waals surface area contributed by atoms with Crippen molar-refractivity contribution in [3.63, 3.8) is 0 Å². The third-order valence-corrected chi connectivity index (χ3v) is 7.80. The lowest BCUT2D eigenvalue weighted by Crippen LogP contribution is -2.32. The molecule has 0 aromatic carbocycles. The minimum absolute atomic E-state index is 0.291. The van der Waals surface area contributed by atoms with E-state index >= 15 is 0 Å². The standard InChI is InChI=1S/C27H42O2.C2H6/c1-19(9-7-17-26(3,4)29)23-15-16-24-22(11-8-18-27(23,24)5)14-13-21-10-6-12-25(28)20(21)2;1-2/h13-15,19,24-25,28-29H,2,6-12,16-18H2,1,3-5H3;1-2H3/b21-13-,22-14+;/t19-,24?,25-,27+;/m0./s1. The van der Waals surface area contributed by atoms with E-state index in [2.05, 4.69) is 38.7 Å². The number of allylic oxidation sites excluding steroid dienone is 5. The Morgan fingerprint density at radius 1 is 1.23 bits per heavy atom. The van der Waals surface area contributed by atoms with Crippen LogP contribution in [0.5, 0.6) is 0 Å². The first-order chi connectivity index (χ1) is 14.6. The fraction of sp³-hybridized carbons (Fsp3) is 0.724. The lowest BCUT2D eigenvalue weighted by Gasteiger charge is -2.42. The topological polar surface area (TPSA) is 40.5 Å². The highest BCUT2D eigenvalue weighted by atomic mass is 16.3. The molecule has 0 bridgehead atoms. The summed E-state index contributed by atoms with van der Waals surface area (Å²) in [6.45, 7) is 16.8. The molecule has 31 heavy (non-hydrogen) atoms. The third kappa shape index (κ3) is 6.45. The number of aliphatic hydroxyl groups excluding tert-OH is 1. The summed E-state index contributed by atoms with van der Waals surface area (Å²) in [7, 11) is 0. The van der Waals surface area contributed by atoms with E-state index in [-0.39, 0.29) is 6.10 Å². The van der Waals surface area contributed by atoms with Crippen LogP contribution >= 0.6 is 0 Å². The van der Waals surface area contributed by atoms with Gasteiger partial charge in [-0.25, -0.2) is 0 Å². The second-order valence-electron chi connectivity index (χ2n) is 10.7. The Morgan fingerprint density at radius 2 is 1.94 bits per heavy atom. The maximum Gasteiger partial charge on any atom is 0.0787 e. The van der Waals surface area contributed by atoms with E-state index in [1.807, 2.05) is 27.7 Å². The van der Waals surface area contributed by atoms with Crippen LogP contribution in [0.2, 0.25) is 0 Å². The van der Waals surface area contributed by atoms with Crippen molar-refractivity contribution in [2.45, 2.75) is 117 Å². The number of fused-ring (bicyclic) bond motifs is 1. The molecule has 2 nitrogen and oxygen atoms in total. The highest BCUT2D eigenvalue weighted by molar-refractivity contribution is 5.39. The lowest BCUT2D eigenvalue weighted by atomic mass is 9.62. The van der Waals surface area contributed by atoms with Crippen LogP contribution < -0.4 is 0 Å². The molecule has 0 aliphatic heterocycles. The van der Waals surface area contributed by atoms with Gasteiger partial charge in [-0.2, -0.15) is 0 Å². The molecule has 0 radical (unpaired) electrons. The number of rotatable bonds is 6. The molecule has 0 saturated heterocycles. The average molecular weight is 429 g/mol. The smallest absolute Gasteiger partial charge is 0.0787 e. The zero-order valence-electron chi connectivity index (χ0n) is 21.1. The van der Waals surface area contributed by atoms with Gasteiger partial charge >= 0.3 is 0 Å². The minimum atomic E-state index is -0.554. The molecule has 2 N–H and O–H groups in total. The van der Waals surface area contributed by atoms with E-state index in [1.54, 1.807) is 11.1 Å². The SMILES string of the molecule is C=C1/C(=C\C=C2/CCC[C@]3(C)C([C@@H](C)CCCC(C)(C)O)=CCC23)CCC[C@@H]1O.CC. The fourth-order valence-electron chi connectivity index (χ4n) is 6.04. The van der Waals surface area contributed by atoms with E-state index in [4.69, 9.17) is 0 Å². The zero-order chi connectivity index (χ0) is 23.2. The van der Waals surface area contributed by atoms with Crippen molar-refractivity contribution >= 4 is 0 Å². The van der Waals surface area contributed by atoms with Crippen LogP contribution in [0.15, 0.2) is 47.1 Å². The molecule has 0 aromatic heterocycles. The molecule has 3 rings (SSSR count). The highest BCUT2D eigenvalue weighted by Gasteiger charge is 2.45. The van der Waals surface area contributed by atoms with Crippen molar-refractivity contribution in [2.75, 3.05) is 0 Å². The maximum absolute atomic E-state index is 10.1.